The van der Waals surface area contributed by atoms with Crippen molar-refractivity contribution in [1.29, 1.82) is 0 Å². The Morgan fingerprint density at radius 3 is 2.58 bits per heavy atom. The predicted octanol–water partition coefficient (Wildman–Crippen LogP) is 4.45. The second-order valence-electron chi connectivity index (χ2n) is 5.66. The van der Waals surface area contributed by atoms with E-state index in [1.165, 1.54) is 0 Å². The minimum Gasteiger partial charge on any atom is -0.480 e. The number of halogens is 1. The van der Waals surface area contributed by atoms with E-state index < -0.39 is 5.97 Å². The largest absolute Gasteiger partial charge is 0.480 e. The first kappa shape index (κ1) is 17.9. The molecule has 3 aromatic rings. The van der Waals surface area contributed by atoms with Crippen molar-refractivity contribution < 1.29 is 9.90 Å². The van der Waals surface area contributed by atoms with Crippen LogP contribution in [0.1, 0.15) is 5.56 Å². The standard InChI is InChI=1S/C19H17BrN4O2/c1-12-9-14(20)7-8-15(12)22-17-10-16(13-5-3-2-4-6-13)23-19(24-17)21-11-18(25)26/h2-10H,11H2,1H3,(H,25,26)(H2,21,22,23,24). The molecule has 0 saturated carbocycles. The molecule has 0 spiro atoms. The number of carboxylic acids is 1. The number of nitrogens with zero attached hydrogens (tertiary/aromatic N) is 2. The van der Waals surface area contributed by atoms with Crippen molar-refractivity contribution in [3.05, 3.63) is 64.6 Å². The van der Waals surface area contributed by atoms with E-state index in [4.69, 9.17) is 5.11 Å². The first-order valence-corrected chi connectivity index (χ1v) is 8.74. The van der Waals surface area contributed by atoms with Crippen molar-refractivity contribution in [2.45, 2.75) is 6.92 Å². The van der Waals surface area contributed by atoms with Crippen LogP contribution in [0.4, 0.5) is 17.5 Å². The van der Waals surface area contributed by atoms with Crippen LogP contribution in [0.3, 0.4) is 0 Å². The SMILES string of the molecule is Cc1cc(Br)ccc1Nc1cc(-c2ccccc2)nc(NCC(=O)O)n1. The van der Waals surface area contributed by atoms with Crippen molar-refractivity contribution in [3.63, 3.8) is 0 Å². The van der Waals surface area contributed by atoms with E-state index >= 15 is 0 Å². The van der Waals surface area contributed by atoms with E-state index in [1.807, 2.05) is 61.5 Å². The van der Waals surface area contributed by atoms with E-state index in [-0.39, 0.29) is 12.5 Å². The van der Waals surface area contributed by atoms with E-state index in [2.05, 4.69) is 36.5 Å². The maximum atomic E-state index is 10.8. The van der Waals surface area contributed by atoms with Gasteiger partial charge in [-0.05, 0) is 30.7 Å². The molecular formula is C19H17BrN4O2. The Balaban J connectivity index is 1.97. The Morgan fingerprint density at radius 2 is 1.88 bits per heavy atom. The summed E-state index contributed by atoms with van der Waals surface area (Å²) >= 11 is 3.45. The number of hydrogen-bond donors (Lipinski definition) is 3. The number of carbonyl (C=O) groups is 1. The van der Waals surface area contributed by atoms with Gasteiger partial charge in [0.2, 0.25) is 5.95 Å². The Bertz CT molecular complexity index is 932. The average molecular weight is 413 g/mol. The molecule has 26 heavy (non-hydrogen) atoms. The number of aliphatic carboxylic acids is 1. The quantitative estimate of drug-likeness (QED) is 0.554. The molecule has 0 aliphatic rings. The maximum absolute atomic E-state index is 10.8. The van der Waals surface area contributed by atoms with E-state index in [0.29, 0.717) is 11.5 Å². The molecule has 0 fully saturated rings. The monoisotopic (exact) mass is 412 g/mol. The molecule has 0 bridgehead atoms. The summed E-state index contributed by atoms with van der Waals surface area (Å²) in [4.78, 5) is 19.6. The van der Waals surface area contributed by atoms with Gasteiger partial charge in [0.15, 0.2) is 0 Å². The molecule has 1 heterocycles. The molecule has 0 unspecified atom stereocenters. The Hall–Kier alpha value is -2.93. The van der Waals surface area contributed by atoms with Gasteiger partial charge in [0, 0.05) is 21.8 Å². The molecule has 0 aliphatic carbocycles. The smallest absolute Gasteiger partial charge is 0.322 e. The van der Waals surface area contributed by atoms with Gasteiger partial charge in [-0.2, -0.15) is 4.98 Å². The molecule has 0 radical (unpaired) electrons. The van der Waals surface area contributed by atoms with Gasteiger partial charge in [-0.3, -0.25) is 4.79 Å². The number of anilines is 3. The molecule has 1 aromatic heterocycles. The van der Waals surface area contributed by atoms with Crippen LogP contribution < -0.4 is 10.6 Å². The van der Waals surface area contributed by atoms with E-state index in [0.717, 1.165) is 21.3 Å². The topological polar surface area (TPSA) is 87.1 Å². The summed E-state index contributed by atoms with van der Waals surface area (Å²) < 4.78 is 0.997. The highest BCUT2D eigenvalue weighted by molar-refractivity contribution is 9.10. The molecule has 2 aromatic carbocycles. The first-order chi connectivity index (χ1) is 12.5. The van der Waals surface area contributed by atoms with Crippen molar-refractivity contribution in [1.82, 2.24) is 9.97 Å². The molecule has 0 saturated heterocycles. The number of benzene rings is 2. The third kappa shape index (κ3) is 4.58. The van der Waals surface area contributed by atoms with Gasteiger partial charge in [0.05, 0.1) is 5.69 Å². The summed E-state index contributed by atoms with van der Waals surface area (Å²) in [5, 5.41) is 14.9. The second kappa shape index (κ2) is 7.97. The first-order valence-electron chi connectivity index (χ1n) is 7.94. The van der Waals surface area contributed by atoms with Gasteiger partial charge < -0.3 is 15.7 Å². The summed E-state index contributed by atoms with van der Waals surface area (Å²) in [5.74, 6) is -0.139. The van der Waals surface area contributed by atoms with Crippen LogP contribution in [-0.4, -0.2) is 27.6 Å². The number of hydrogen-bond acceptors (Lipinski definition) is 5. The lowest BCUT2D eigenvalue weighted by atomic mass is 10.1. The normalized spacial score (nSPS) is 10.4. The fourth-order valence-electron chi connectivity index (χ4n) is 2.41. The van der Waals surface area contributed by atoms with Gasteiger partial charge >= 0.3 is 5.97 Å². The molecule has 0 atom stereocenters. The van der Waals surface area contributed by atoms with Crippen LogP contribution in [0, 0.1) is 6.92 Å². The highest BCUT2D eigenvalue weighted by atomic mass is 79.9. The van der Waals surface area contributed by atoms with Crippen molar-refractivity contribution in [2.24, 2.45) is 0 Å². The lowest BCUT2D eigenvalue weighted by molar-refractivity contribution is -0.134. The summed E-state index contributed by atoms with van der Waals surface area (Å²) in [6.45, 7) is 1.74. The number of aryl methyl sites for hydroxylation is 1. The molecule has 0 aliphatic heterocycles. The van der Waals surface area contributed by atoms with Gasteiger partial charge in [-0.25, -0.2) is 4.98 Å². The Kier molecular flexibility index (Phi) is 5.48. The number of rotatable bonds is 6. The van der Waals surface area contributed by atoms with Crippen molar-refractivity contribution >= 4 is 39.4 Å². The highest BCUT2D eigenvalue weighted by Gasteiger charge is 2.09. The lowest BCUT2D eigenvalue weighted by Gasteiger charge is -2.12. The van der Waals surface area contributed by atoms with Gasteiger partial charge in [-0.1, -0.05) is 46.3 Å². The molecule has 7 heteroatoms. The van der Waals surface area contributed by atoms with Crippen LogP contribution in [0.25, 0.3) is 11.3 Å². The summed E-state index contributed by atoms with van der Waals surface area (Å²) in [7, 11) is 0. The van der Waals surface area contributed by atoms with Gasteiger partial charge in [0.1, 0.15) is 12.4 Å². The zero-order chi connectivity index (χ0) is 18.5. The summed E-state index contributed by atoms with van der Waals surface area (Å²) in [6.07, 6.45) is 0. The second-order valence-corrected chi connectivity index (χ2v) is 6.58. The van der Waals surface area contributed by atoms with Crippen molar-refractivity contribution in [2.75, 3.05) is 17.2 Å². The highest BCUT2D eigenvalue weighted by Crippen LogP contribution is 2.26. The molecule has 3 N–H and O–H groups in total. The fraction of sp³-hybridized carbons (Fsp3) is 0.105. The lowest BCUT2D eigenvalue weighted by Crippen LogP contribution is -2.15. The number of carboxylic acid groups (broad SMARTS) is 1. The minimum atomic E-state index is -0.975. The van der Waals surface area contributed by atoms with Gasteiger partial charge in [-0.15, -0.1) is 0 Å². The van der Waals surface area contributed by atoms with Crippen LogP contribution in [0.2, 0.25) is 0 Å². The van der Waals surface area contributed by atoms with Crippen molar-refractivity contribution in [3.8, 4) is 11.3 Å². The molecule has 3 rings (SSSR count). The molecule has 6 nitrogen and oxygen atoms in total. The van der Waals surface area contributed by atoms with Crippen LogP contribution in [-0.2, 0) is 4.79 Å². The predicted molar refractivity (Wildman–Crippen MR) is 106 cm³/mol. The molecule has 0 amide bonds. The zero-order valence-corrected chi connectivity index (χ0v) is 15.6. The number of nitrogens with one attached hydrogen (secondary N) is 2. The van der Waals surface area contributed by atoms with Crippen LogP contribution in [0.15, 0.2) is 59.1 Å². The summed E-state index contributed by atoms with van der Waals surface area (Å²) in [5.41, 5.74) is 3.59. The van der Waals surface area contributed by atoms with Crippen LogP contribution >= 0.6 is 15.9 Å². The minimum absolute atomic E-state index is 0.255. The fourth-order valence-corrected chi connectivity index (χ4v) is 2.88. The van der Waals surface area contributed by atoms with E-state index in [9.17, 15) is 4.79 Å². The van der Waals surface area contributed by atoms with Crippen LogP contribution in [0.5, 0.6) is 0 Å². The molecule has 132 valence electrons. The van der Waals surface area contributed by atoms with E-state index in [1.54, 1.807) is 0 Å². The maximum Gasteiger partial charge on any atom is 0.322 e. The average Bonchev–Trinajstić information content (AvgIpc) is 2.63. The van der Waals surface area contributed by atoms with Gasteiger partial charge in [0.25, 0.3) is 0 Å². The third-order valence-corrected chi connectivity index (χ3v) is 4.14. The summed E-state index contributed by atoms with van der Waals surface area (Å²) in [6, 6.07) is 17.4. The third-order valence-electron chi connectivity index (χ3n) is 3.64. The number of aromatic nitrogens is 2. The Morgan fingerprint density at radius 1 is 1.12 bits per heavy atom. The zero-order valence-electron chi connectivity index (χ0n) is 14.0. The Labute approximate surface area is 159 Å². The molecular weight excluding hydrogens is 396 g/mol.